The Morgan fingerprint density at radius 2 is 2.67 bits per heavy atom. The van der Waals surface area contributed by atoms with Gasteiger partial charge in [-0.3, -0.25) is 0 Å². The van der Waals surface area contributed by atoms with Crippen molar-refractivity contribution >= 4 is 12.3 Å². The van der Waals surface area contributed by atoms with Crippen LogP contribution in [0, 0.1) is 0 Å². The molecule has 0 aliphatic carbocycles. The van der Waals surface area contributed by atoms with Gasteiger partial charge in [-0.2, -0.15) is 5.10 Å². The van der Waals surface area contributed by atoms with E-state index in [4.69, 9.17) is 0 Å². The largest absolute Gasteiger partial charge is 0.314 e. The van der Waals surface area contributed by atoms with E-state index in [1.165, 1.54) is 0 Å². The Hall–Kier alpha value is -1.32. The molecule has 1 N–H and O–H groups in total. The summed E-state index contributed by atoms with van der Waals surface area (Å²) in [4.78, 5) is 4.11. The zero-order valence-electron chi connectivity index (χ0n) is 4.78. The topological polar surface area (TPSA) is 40.0 Å². The van der Waals surface area contributed by atoms with Gasteiger partial charge >= 0.3 is 0 Å². The number of nitrogens with zero attached hydrogens (tertiary/aromatic N) is 3. The third-order valence-corrected chi connectivity index (χ3v) is 1.19. The lowest BCUT2D eigenvalue weighted by Crippen LogP contribution is -2.28. The molecule has 4 nitrogen and oxygen atoms in total. The molecule has 0 radical (unpaired) electrons. The zero-order valence-corrected chi connectivity index (χ0v) is 4.78. The fourth-order valence-corrected chi connectivity index (χ4v) is 0.783. The van der Waals surface area contributed by atoms with Gasteiger partial charge in [-0.25, -0.2) is 10.0 Å². The molecule has 0 bridgehead atoms. The van der Waals surface area contributed by atoms with Crippen molar-refractivity contribution in [3.05, 3.63) is 12.3 Å². The molecule has 0 spiro atoms. The van der Waals surface area contributed by atoms with Gasteiger partial charge in [0.05, 0.1) is 6.54 Å². The van der Waals surface area contributed by atoms with Crippen LogP contribution in [-0.2, 0) is 0 Å². The minimum atomic E-state index is 0.752. The molecule has 0 atom stereocenters. The number of aliphatic imine (C=N–C) groups is 1. The summed E-state index contributed by atoms with van der Waals surface area (Å²) in [7, 11) is 0. The lowest BCUT2D eigenvalue weighted by Gasteiger charge is -2.11. The quantitative estimate of drug-likeness (QED) is 0.480. The molecular weight excluding hydrogens is 116 g/mol. The van der Waals surface area contributed by atoms with Crippen LogP contribution in [0.2, 0.25) is 0 Å². The monoisotopic (exact) mass is 122 g/mol. The average molecular weight is 122 g/mol. The van der Waals surface area contributed by atoms with E-state index in [2.05, 4.69) is 15.4 Å². The van der Waals surface area contributed by atoms with Crippen LogP contribution in [0.1, 0.15) is 0 Å². The molecule has 2 aliphatic rings. The van der Waals surface area contributed by atoms with Crippen LogP contribution < -0.4 is 5.32 Å². The highest BCUT2D eigenvalue weighted by molar-refractivity contribution is 5.94. The van der Waals surface area contributed by atoms with Crippen LogP contribution in [0.3, 0.4) is 0 Å². The number of hydrogen-bond donors (Lipinski definition) is 1. The summed E-state index contributed by atoms with van der Waals surface area (Å²) < 4.78 is 0. The van der Waals surface area contributed by atoms with E-state index in [0.717, 1.165) is 12.5 Å². The molecule has 0 saturated heterocycles. The smallest absolute Gasteiger partial charge is 0.224 e. The third-order valence-electron chi connectivity index (χ3n) is 1.19. The first kappa shape index (κ1) is 4.55. The van der Waals surface area contributed by atoms with Crippen molar-refractivity contribution in [2.45, 2.75) is 0 Å². The van der Waals surface area contributed by atoms with Gasteiger partial charge < -0.3 is 5.32 Å². The number of hydrogen-bond acceptors (Lipinski definition) is 4. The first-order chi connectivity index (χ1) is 4.47. The minimum Gasteiger partial charge on any atom is -0.314 e. The first-order valence-electron chi connectivity index (χ1n) is 2.76. The second-order valence-corrected chi connectivity index (χ2v) is 1.78. The van der Waals surface area contributed by atoms with Crippen molar-refractivity contribution in [2.24, 2.45) is 10.1 Å². The zero-order chi connectivity index (χ0) is 6.10. The molecule has 2 heterocycles. The molecule has 0 aromatic rings. The van der Waals surface area contributed by atoms with Crippen molar-refractivity contribution < 1.29 is 0 Å². The molecular formula is C5H6N4. The standard InChI is InChI=1S/C5H6N4/c1-2-6-5-7-4-8-9(5)3-1/h1,3-4H,2H2,(H,6,7,8). The highest BCUT2D eigenvalue weighted by atomic mass is 15.6. The highest BCUT2D eigenvalue weighted by Gasteiger charge is 2.12. The van der Waals surface area contributed by atoms with E-state index in [9.17, 15) is 0 Å². The van der Waals surface area contributed by atoms with E-state index >= 15 is 0 Å². The number of guanidine groups is 1. The van der Waals surface area contributed by atoms with Crippen LogP contribution in [-0.4, -0.2) is 23.9 Å². The van der Waals surface area contributed by atoms with E-state index in [1.54, 1.807) is 11.3 Å². The van der Waals surface area contributed by atoms with Crippen molar-refractivity contribution in [1.29, 1.82) is 0 Å². The lowest BCUT2D eigenvalue weighted by atomic mass is 10.5. The fourth-order valence-electron chi connectivity index (χ4n) is 0.783. The van der Waals surface area contributed by atoms with Gasteiger partial charge in [0.25, 0.3) is 0 Å². The molecule has 0 aromatic heterocycles. The molecule has 0 saturated carbocycles. The Balaban J connectivity index is 2.29. The van der Waals surface area contributed by atoms with Crippen LogP contribution in [0.25, 0.3) is 0 Å². The Morgan fingerprint density at radius 3 is 3.56 bits per heavy atom. The number of nitrogens with one attached hydrogen (secondary N) is 1. The van der Waals surface area contributed by atoms with Crippen LogP contribution in [0.5, 0.6) is 0 Å². The van der Waals surface area contributed by atoms with E-state index in [-0.39, 0.29) is 0 Å². The Bertz CT molecular complexity index is 203. The van der Waals surface area contributed by atoms with Crippen molar-refractivity contribution in [3.8, 4) is 0 Å². The Morgan fingerprint density at radius 1 is 1.67 bits per heavy atom. The molecule has 0 unspecified atom stereocenters. The molecule has 0 amide bonds. The molecule has 2 aliphatic heterocycles. The van der Waals surface area contributed by atoms with E-state index < -0.39 is 0 Å². The summed E-state index contributed by atoms with van der Waals surface area (Å²) in [6.07, 6.45) is 5.46. The van der Waals surface area contributed by atoms with Crippen molar-refractivity contribution in [3.63, 3.8) is 0 Å². The average Bonchev–Trinajstić information content (AvgIpc) is 2.33. The molecule has 46 valence electrons. The first-order valence-corrected chi connectivity index (χ1v) is 2.76. The number of rotatable bonds is 0. The molecule has 4 heteroatoms. The molecule has 9 heavy (non-hydrogen) atoms. The maximum atomic E-state index is 4.11. The Kier molecular flexibility index (Phi) is 0.798. The van der Waals surface area contributed by atoms with Gasteiger partial charge in [0.15, 0.2) is 0 Å². The maximum absolute atomic E-state index is 4.11. The molecule has 2 rings (SSSR count). The highest BCUT2D eigenvalue weighted by Crippen LogP contribution is 2.01. The van der Waals surface area contributed by atoms with Crippen LogP contribution in [0.15, 0.2) is 22.4 Å². The van der Waals surface area contributed by atoms with E-state index in [1.807, 2.05) is 12.3 Å². The minimum absolute atomic E-state index is 0.752. The normalized spacial score (nSPS) is 21.3. The molecule has 0 fully saturated rings. The summed E-state index contributed by atoms with van der Waals surface area (Å²) in [6, 6.07) is 0. The maximum Gasteiger partial charge on any atom is 0.224 e. The van der Waals surface area contributed by atoms with Crippen LogP contribution in [0.4, 0.5) is 0 Å². The summed E-state index contributed by atoms with van der Waals surface area (Å²) in [5.74, 6) is 0.817. The van der Waals surface area contributed by atoms with Gasteiger partial charge in [0.2, 0.25) is 5.96 Å². The van der Waals surface area contributed by atoms with Gasteiger partial charge in [-0.15, -0.1) is 0 Å². The predicted octanol–water partition coefficient (Wildman–Crippen LogP) is -0.282. The van der Waals surface area contributed by atoms with Crippen molar-refractivity contribution in [2.75, 3.05) is 6.54 Å². The second kappa shape index (κ2) is 1.58. The molecule has 0 aromatic carbocycles. The Labute approximate surface area is 52.6 Å². The van der Waals surface area contributed by atoms with Gasteiger partial charge in [0.1, 0.15) is 6.34 Å². The predicted molar refractivity (Wildman–Crippen MR) is 34.9 cm³/mol. The summed E-state index contributed by atoms with van der Waals surface area (Å²) >= 11 is 0. The SMILES string of the molecule is C1=CN2N=CNC2=NC1. The summed E-state index contributed by atoms with van der Waals surface area (Å²) in [6.45, 7) is 0.752. The second-order valence-electron chi connectivity index (χ2n) is 1.78. The number of hydrazone groups is 1. The van der Waals surface area contributed by atoms with Crippen molar-refractivity contribution in [1.82, 2.24) is 10.3 Å². The van der Waals surface area contributed by atoms with Crippen LogP contribution >= 0.6 is 0 Å². The fraction of sp³-hybridized carbons (Fsp3) is 0.200. The summed E-state index contributed by atoms with van der Waals surface area (Å²) in [5, 5.41) is 8.53. The van der Waals surface area contributed by atoms with Gasteiger partial charge in [-0.1, -0.05) is 0 Å². The van der Waals surface area contributed by atoms with E-state index in [0.29, 0.717) is 0 Å². The number of fused-ring (bicyclic) bond motifs is 1. The third kappa shape index (κ3) is 0.595. The summed E-state index contributed by atoms with van der Waals surface area (Å²) in [5.41, 5.74) is 0. The lowest BCUT2D eigenvalue weighted by molar-refractivity contribution is 0.599. The van der Waals surface area contributed by atoms with Gasteiger partial charge in [0, 0.05) is 6.20 Å². The van der Waals surface area contributed by atoms with Gasteiger partial charge in [-0.05, 0) is 6.08 Å².